The highest BCUT2D eigenvalue weighted by Gasteiger charge is 2.29. The van der Waals surface area contributed by atoms with Gasteiger partial charge in [0.25, 0.3) is 15.6 Å². The second-order valence-corrected chi connectivity index (χ2v) is 10.6. The third-order valence-electron chi connectivity index (χ3n) is 6.63. The number of hydrogen-bond acceptors (Lipinski definition) is 7. The molecule has 0 spiro atoms. The molecule has 0 radical (unpaired) electrons. The van der Waals surface area contributed by atoms with Gasteiger partial charge in [-0.1, -0.05) is 0 Å². The minimum absolute atomic E-state index is 0.0503. The number of halogens is 2. The molecule has 2 fully saturated rings. The Morgan fingerprint density at radius 1 is 0.944 bits per heavy atom. The van der Waals surface area contributed by atoms with Gasteiger partial charge in [0.05, 0.1) is 34.7 Å². The molecule has 36 heavy (non-hydrogen) atoms. The Kier molecular flexibility index (Phi) is 6.53. The molecule has 192 valence electrons. The minimum Gasteiger partial charge on any atom is -0.379 e. The number of fused-ring (bicyclic) bond motifs is 1. The van der Waals surface area contributed by atoms with Crippen LogP contribution in [0.25, 0.3) is 10.9 Å². The zero-order chi connectivity index (χ0) is 25.4. The van der Waals surface area contributed by atoms with E-state index in [0.29, 0.717) is 32.3 Å². The number of aromatic amines is 2. The number of morpholine rings is 1. The highest BCUT2D eigenvalue weighted by molar-refractivity contribution is 7.92. The maximum atomic E-state index is 15.0. The number of hydrogen-bond donors (Lipinski definition) is 3. The molecule has 2 aliphatic rings. The van der Waals surface area contributed by atoms with E-state index in [0.717, 1.165) is 44.1 Å². The van der Waals surface area contributed by atoms with Crippen LogP contribution in [0.3, 0.4) is 0 Å². The third-order valence-corrected chi connectivity index (χ3v) is 8.01. The standard InChI is InChI=1S/C23H25F2N5O5S/c24-18-11-14(28-36(33,34)16-1-2-20-17(13-16)22(31)27-23(32)26-20)12-19(25)21(18)30-5-3-15(4-6-30)29-7-9-35-10-8-29/h1-2,11-13,15,28H,3-10H2,(H2,26,27,31,32). The van der Waals surface area contributed by atoms with Crippen molar-refractivity contribution < 1.29 is 21.9 Å². The van der Waals surface area contributed by atoms with E-state index in [2.05, 4.69) is 14.6 Å². The molecule has 0 aliphatic carbocycles. The molecule has 2 aromatic carbocycles. The second-order valence-electron chi connectivity index (χ2n) is 8.88. The molecule has 0 unspecified atom stereocenters. The van der Waals surface area contributed by atoms with E-state index < -0.39 is 32.9 Å². The Hall–Kier alpha value is -3.29. The van der Waals surface area contributed by atoms with Gasteiger partial charge in [0, 0.05) is 44.4 Å². The van der Waals surface area contributed by atoms with Crippen LogP contribution in [0.5, 0.6) is 0 Å². The number of benzene rings is 2. The normalized spacial score (nSPS) is 18.0. The summed E-state index contributed by atoms with van der Waals surface area (Å²) >= 11 is 0. The quantitative estimate of drug-likeness (QED) is 0.465. The predicted octanol–water partition coefficient (Wildman–Crippen LogP) is 1.60. The Bertz CT molecular complexity index is 1490. The van der Waals surface area contributed by atoms with Crippen molar-refractivity contribution in [3.8, 4) is 0 Å². The van der Waals surface area contributed by atoms with Gasteiger partial charge >= 0.3 is 5.69 Å². The second kappa shape index (κ2) is 9.64. The summed E-state index contributed by atoms with van der Waals surface area (Å²) < 4.78 is 63.3. The molecule has 10 nitrogen and oxygen atoms in total. The van der Waals surface area contributed by atoms with Gasteiger partial charge < -0.3 is 14.6 Å². The van der Waals surface area contributed by atoms with Crippen LogP contribution in [-0.2, 0) is 14.8 Å². The van der Waals surface area contributed by atoms with Crippen LogP contribution >= 0.6 is 0 Å². The topological polar surface area (TPSA) is 128 Å². The van der Waals surface area contributed by atoms with Crippen molar-refractivity contribution in [2.24, 2.45) is 0 Å². The highest BCUT2D eigenvalue weighted by atomic mass is 32.2. The Morgan fingerprint density at radius 3 is 2.28 bits per heavy atom. The average Bonchev–Trinajstić information content (AvgIpc) is 2.84. The van der Waals surface area contributed by atoms with Crippen LogP contribution in [0.4, 0.5) is 20.2 Å². The Balaban J connectivity index is 1.33. The van der Waals surface area contributed by atoms with Crippen molar-refractivity contribution in [2.75, 3.05) is 49.0 Å². The number of ether oxygens (including phenoxy) is 1. The van der Waals surface area contributed by atoms with E-state index in [4.69, 9.17) is 4.74 Å². The molecule has 3 N–H and O–H groups in total. The van der Waals surface area contributed by atoms with E-state index in [1.807, 2.05) is 4.98 Å². The van der Waals surface area contributed by atoms with Crippen LogP contribution < -0.4 is 20.9 Å². The zero-order valence-corrected chi connectivity index (χ0v) is 20.0. The lowest BCUT2D eigenvalue weighted by Crippen LogP contribution is -2.49. The minimum atomic E-state index is -4.28. The summed E-state index contributed by atoms with van der Waals surface area (Å²) in [5.74, 6) is -1.74. The van der Waals surface area contributed by atoms with E-state index in [1.54, 1.807) is 4.90 Å². The molecule has 1 aromatic heterocycles. The summed E-state index contributed by atoms with van der Waals surface area (Å²) in [6.45, 7) is 4.05. The average molecular weight is 522 g/mol. The third kappa shape index (κ3) is 4.86. The van der Waals surface area contributed by atoms with Gasteiger partial charge in [-0.3, -0.25) is 19.4 Å². The van der Waals surface area contributed by atoms with E-state index in [1.165, 1.54) is 12.1 Å². The van der Waals surface area contributed by atoms with Crippen molar-refractivity contribution in [1.82, 2.24) is 14.9 Å². The lowest BCUT2D eigenvalue weighted by atomic mass is 10.0. The molecule has 0 amide bonds. The zero-order valence-electron chi connectivity index (χ0n) is 19.2. The number of anilines is 2. The lowest BCUT2D eigenvalue weighted by molar-refractivity contribution is 0.0114. The van der Waals surface area contributed by atoms with Gasteiger partial charge in [-0.05, 0) is 31.0 Å². The molecule has 3 aromatic rings. The fourth-order valence-corrected chi connectivity index (χ4v) is 5.92. The summed E-state index contributed by atoms with van der Waals surface area (Å²) in [4.78, 5) is 31.5. The fourth-order valence-electron chi connectivity index (χ4n) is 4.85. The summed E-state index contributed by atoms with van der Waals surface area (Å²) in [6.07, 6.45) is 1.53. The van der Waals surface area contributed by atoms with Crippen LogP contribution in [0.1, 0.15) is 12.8 Å². The van der Waals surface area contributed by atoms with Crippen LogP contribution in [-0.4, -0.2) is 68.7 Å². The number of H-pyrrole nitrogens is 2. The number of sulfonamides is 1. The van der Waals surface area contributed by atoms with Gasteiger partial charge in [-0.15, -0.1) is 0 Å². The number of piperidine rings is 1. The highest BCUT2D eigenvalue weighted by Crippen LogP contribution is 2.31. The van der Waals surface area contributed by atoms with Crippen molar-refractivity contribution in [1.29, 1.82) is 0 Å². The first-order valence-electron chi connectivity index (χ1n) is 11.6. The van der Waals surface area contributed by atoms with Gasteiger partial charge in [0.1, 0.15) is 5.69 Å². The fraction of sp³-hybridized carbons (Fsp3) is 0.391. The summed E-state index contributed by atoms with van der Waals surface area (Å²) in [7, 11) is -4.28. The van der Waals surface area contributed by atoms with Gasteiger partial charge in [-0.25, -0.2) is 22.0 Å². The number of nitrogens with zero attached hydrogens (tertiary/aromatic N) is 2. The first-order valence-corrected chi connectivity index (χ1v) is 13.0. The SMILES string of the molecule is O=c1[nH]c(=O)c2cc(S(=O)(=O)Nc3cc(F)c(N4CCC(N5CCOCC5)CC4)c(F)c3)ccc2[nH]1. The van der Waals surface area contributed by atoms with Crippen LogP contribution in [0.15, 0.2) is 44.8 Å². The lowest BCUT2D eigenvalue weighted by Gasteiger charge is -2.40. The van der Waals surface area contributed by atoms with E-state index >= 15 is 8.78 Å². The van der Waals surface area contributed by atoms with Gasteiger partial charge in [-0.2, -0.15) is 0 Å². The molecule has 2 aliphatic heterocycles. The molecular weight excluding hydrogens is 496 g/mol. The van der Waals surface area contributed by atoms with Crippen molar-refractivity contribution in [3.05, 3.63) is 62.8 Å². The summed E-state index contributed by atoms with van der Waals surface area (Å²) in [6, 6.07) is 5.75. The van der Waals surface area contributed by atoms with Gasteiger partial charge in [0.15, 0.2) is 11.6 Å². The maximum Gasteiger partial charge on any atom is 0.326 e. The van der Waals surface area contributed by atoms with Crippen molar-refractivity contribution in [3.63, 3.8) is 0 Å². The van der Waals surface area contributed by atoms with Crippen molar-refractivity contribution in [2.45, 2.75) is 23.8 Å². The number of rotatable bonds is 5. The first kappa shape index (κ1) is 24.4. The maximum absolute atomic E-state index is 15.0. The summed E-state index contributed by atoms with van der Waals surface area (Å²) in [5.41, 5.74) is -1.80. The number of nitrogens with one attached hydrogen (secondary N) is 3. The Morgan fingerprint density at radius 2 is 1.61 bits per heavy atom. The molecule has 3 heterocycles. The predicted molar refractivity (Wildman–Crippen MR) is 130 cm³/mol. The molecule has 2 saturated heterocycles. The largest absolute Gasteiger partial charge is 0.379 e. The smallest absolute Gasteiger partial charge is 0.326 e. The monoisotopic (exact) mass is 521 g/mol. The van der Waals surface area contributed by atoms with Gasteiger partial charge in [0.2, 0.25) is 0 Å². The summed E-state index contributed by atoms with van der Waals surface area (Å²) in [5, 5.41) is -0.0503. The van der Waals surface area contributed by atoms with E-state index in [9.17, 15) is 18.0 Å². The molecule has 13 heteroatoms. The van der Waals surface area contributed by atoms with E-state index in [-0.39, 0.29) is 27.2 Å². The first-order chi connectivity index (χ1) is 17.2. The van der Waals surface area contributed by atoms with Crippen LogP contribution in [0, 0.1) is 11.6 Å². The molecule has 0 bridgehead atoms. The molecule has 0 atom stereocenters. The Labute approximate surface area is 204 Å². The molecular formula is C23H25F2N5O5S. The van der Waals surface area contributed by atoms with Crippen LogP contribution in [0.2, 0.25) is 0 Å². The van der Waals surface area contributed by atoms with Crippen molar-refractivity contribution >= 4 is 32.3 Å². The molecule has 5 rings (SSSR count). The number of aromatic nitrogens is 2. The molecule has 0 saturated carbocycles.